The zero-order chi connectivity index (χ0) is 18.1. The van der Waals surface area contributed by atoms with Gasteiger partial charge in [-0.1, -0.05) is 31.4 Å². The predicted molar refractivity (Wildman–Crippen MR) is 95.0 cm³/mol. The number of rotatable bonds is 4. The van der Waals surface area contributed by atoms with E-state index >= 15 is 0 Å². The largest absolute Gasteiger partial charge is 0.451 e. The molecular weight excluding hydrogens is 341 g/mol. The molecule has 26 heavy (non-hydrogen) atoms. The van der Waals surface area contributed by atoms with E-state index in [0.717, 1.165) is 12.8 Å². The molecule has 2 N–H and O–H groups in total. The molecule has 0 aliphatic heterocycles. The Bertz CT molecular complexity index is 765. The topological polar surface area (TPSA) is 49.8 Å². The standard InChI is InChI=1S/C19H23F3N4/c20-19(21,22)18-25-16-9-5-4-8-15(16)17(26-18)24-14-10-13(11-14)23-12-6-2-1-3-7-12/h4-5,8-9,12-14,23H,1-3,6-7,10-11H2,(H,24,25,26). The van der Waals surface area contributed by atoms with Crippen molar-refractivity contribution in [1.82, 2.24) is 15.3 Å². The van der Waals surface area contributed by atoms with E-state index in [1.807, 2.05) is 0 Å². The van der Waals surface area contributed by atoms with Crippen LogP contribution in [0, 0.1) is 0 Å². The van der Waals surface area contributed by atoms with Gasteiger partial charge in [0.2, 0.25) is 5.82 Å². The van der Waals surface area contributed by atoms with Crippen LogP contribution in [0.3, 0.4) is 0 Å². The second-order valence-corrected chi connectivity index (χ2v) is 7.42. The second-order valence-electron chi connectivity index (χ2n) is 7.42. The molecule has 1 heterocycles. The molecule has 0 unspecified atom stereocenters. The lowest BCUT2D eigenvalue weighted by atomic mass is 9.84. The Kier molecular flexibility index (Phi) is 4.73. The Hall–Kier alpha value is -1.89. The van der Waals surface area contributed by atoms with Gasteiger partial charge >= 0.3 is 6.18 Å². The fourth-order valence-corrected chi connectivity index (χ4v) is 3.98. The van der Waals surface area contributed by atoms with E-state index in [1.165, 1.54) is 32.1 Å². The van der Waals surface area contributed by atoms with Crippen LogP contribution >= 0.6 is 0 Å². The minimum absolute atomic E-state index is 0.149. The number of hydrogen-bond acceptors (Lipinski definition) is 4. The van der Waals surface area contributed by atoms with Crippen LogP contribution in [0.2, 0.25) is 0 Å². The van der Waals surface area contributed by atoms with Crippen molar-refractivity contribution in [3.8, 4) is 0 Å². The fraction of sp³-hybridized carbons (Fsp3) is 0.579. The first-order valence-corrected chi connectivity index (χ1v) is 9.35. The first kappa shape index (κ1) is 17.5. The number of alkyl halides is 3. The number of aromatic nitrogens is 2. The van der Waals surface area contributed by atoms with Gasteiger partial charge in [-0.3, -0.25) is 0 Å². The molecule has 140 valence electrons. The van der Waals surface area contributed by atoms with Crippen LogP contribution in [0.15, 0.2) is 24.3 Å². The average molecular weight is 364 g/mol. The van der Waals surface area contributed by atoms with Gasteiger partial charge in [0.15, 0.2) is 0 Å². The lowest BCUT2D eigenvalue weighted by Gasteiger charge is -2.40. The summed E-state index contributed by atoms with van der Waals surface area (Å²) in [5.74, 6) is -0.807. The van der Waals surface area contributed by atoms with Gasteiger partial charge in [-0.15, -0.1) is 0 Å². The van der Waals surface area contributed by atoms with Gasteiger partial charge in [0.1, 0.15) is 5.82 Å². The minimum Gasteiger partial charge on any atom is -0.367 e. The molecule has 0 amide bonds. The van der Waals surface area contributed by atoms with Crippen molar-refractivity contribution < 1.29 is 13.2 Å². The number of anilines is 1. The van der Waals surface area contributed by atoms with Gasteiger partial charge in [0, 0.05) is 23.5 Å². The number of benzene rings is 1. The average Bonchev–Trinajstić information content (AvgIpc) is 2.59. The molecule has 1 aromatic carbocycles. The Balaban J connectivity index is 1.44. The maximum Gasteiger partial charge on any atom is 0.451 e. The van der Waals surface area contributed by atoms with Crippen molar-refractivity contribution in [2.45, 2.75) is 69.2 Å². The molecule has 0 spiro atoms. The lowest BCUT2D eigenvalue weighted by Crippen LogP contribution is -2.51. The number of halogens is 3. The summed E-state index contributed by atoms with van der Waals surface area (Å²) in [6.07, 6.45) is 3.66. The summed E-state index contributed by atoms with van der Waals surface area (Å²) in [5, 5.41) is 7.53. The molecule has 0 bridgehead atoms. The molecule has 2 aliphatic carbocycles. The summed E-state index contributed by atoms with van der Waals surface area (Å²) < 4.78 is 39.3. The summed E-state index contributed by atoms with van der Waals surface area (Å²) in [4.78, 5) is 7.43. The van der Waals surface area contributed by atoms with Crippen LogP contribution in [-0.2, 0) is 6.18 Å². The summed E-state index contributed by atoms with van der Waals surface area (Å²) in [7, 11) is 0. The molecule has 7 heteroatoms. The number of nitrogens with one attached hydrogen (secondary N) is 2. The Morgan fingerprint density at radius 2 is 1.62 bits per heavy atom. The van der Waals surface area contributed by atoms with E-state index in [2.05, 4.69) is 20.6 Å². The third-order valence-electron chi connectivity index (χ3n) is 5.41. The van der Waals surface area contributed by atoms with Crippen molar-refractivity contribution in [3.05, 3.63) is 30.1 Å². The second kappa shape index (κ2) is 7.02. The van der Waals surface area contributed by atoms with E-state index in [-0.39, 0.29) is 11.9 Å². The molecule has 2 fully saturated rings. The number of fused-ring (bicyclic) bond motifs is 1. The van der Waals surface area contributed by atoms with E-state index in [9.17, 15) is 13.2 Å². The fourth-order valence-electron chi connectivity index (χ4n) is 3.98. The third-order valence-corrected chi connectivity index (χ3v) is 5.41. The van der Waals surface area contributed by atoms with E-state index < -0.39 is 12.0 Å². The van der Waals surface area contributed by atoms with Crippen LogP contribution in [-0.4, -0.2) is 28.1 Å². The van der Waals surface area contributed by atoms with Gasteiger partial charge < -0.3 is 10.6 Å². The van der Waals surface area contributed by atoms with Gasteiger partial charge in [0.05, 0.1) is 5.52 Å². The quantitative estimate of drug-likeness (QED) is 0.838. The highest BCUT2D eigenvalue weighted by Crippen LogP contribution is 2.32. The number of para-hydroxylation sites is 1. The lowest BCUT2D eigenvalue weighted by molar-refractivity contribution is -0.144. The highest BCUT2D eigenvalue weighted by Gasteiger charge is 2.36. The van der Waals surface area contributed by atoms with Gasteiger partial charge in [-0.2, -0.15) is 13.2 Å². The van der Waals surface area contributed by atoms with Crippen LogP contribution in [0.5, 0.6) is 0 Å². The molecule has 2 aromatic rings. The van der Waals surface area contributed by atoms with Crippen LogP contribution in [0.4, 0.5) is 19.0 Å². The SMILES string of the molecule is FC(F)(F)c1nc(NC2CC(NC3CCCCC3)C2)c2ccccc2n1. The summed E-state index contributed by atoms with van der Waals surface area (Å²) in [5.41, 5.74) is 0.313. The summed E-state index contributed by atoms with van der Waals surface area (Å²) in [6.45, 7) is 0. The number of hydrogen-bond donors (Lipinski definition) is 2. The summed E-state index contributed by atoms with van der Waals surface area (Å²) in [6, 6.07) is 8.03. The molecule has 2 saturated carbocycles. The Morgan fingerprint density at radius 3 is 2.35 bits per heavy atom. The molecule has 1 aromatic heterocycles. The normalized spacial score (nSPS) is 24.4. The van der Waals surface area contributed by atoms with Gasteiger partial charge in [-0.25, -0.2) is 9.97 Å². The monoisotopic (exact) mass is 364 g/mol. The molecule has 0 atom stereocenters. The minimum atomic E-state index is -4.55. The number of nitrogens with zero attached hydrogens (tertiary/aromatic N) is 2. The highest BCUT2D eigenvalue weighted by atomic mass is 19.4. The van der Waals surface area contributed by atoms with E-state index in [1.54, 1.807) is 24.3 Å². The van der Waals surface area contributed by atoms with E-state index in [4.69, 9.17) is 0 Å². The van der Waals surface area contributed by atoms with Crippen LogP contribution < -0.4 is 10.6 Å². The Morgan fingerprint density at radius 1 is 0.885 bits per heavy atom. The first-order chi connectivity index (χ1) is 12.5. The van der Waals surface area contributed by atoms with Gasteiger partial charge in [-0.05, 0) is 37.8 Å². The highest BCUT2D eigenvalue weighted by molar-refractivity contribution is 5.89. The molecule has 2 aliphatic rings. The smallest absolute Gasteiger partial charge is 0.367 e. The van der Waals surface area contributed by atoms with E-state index in [0.29, 0.717) is 23.0 Å². The first-order valence-electron chi connectivity index (χ1n) is 9.35. The van der Waals surface area contributed by atoms with Crippen LogP contribution in [0.1, 0.15) is 50.8 Å². The molecule has 4 nitrogen and oxygen atoms in total. The maximum absolute atomic E-state index is 13.1. The molecule has 4 rings (SSSR count). The molecule has 0 saturated heterocycles. The van der Waals surface area contributed by atoms with Crippen molar-refractivity contribution in [2.75, 3.05) is 5.32 Å². The van der Waals surface area contributed by atoms with Crippen molar-refractivity contribution in [1.29, 1.82) is 0 Å². The zero-order valence-electron chi connectivity index (χ0n) is 14.5. The molecule has 0 radical (unpaired) electrons. The Labute approximate surface area is 150 Å². The predicted octanol–water partition coefficient (Wildman–Crippen LogP) is 4.51. The molecular formula is C19H23F3N4. The maximum atomic E-state index is 13.1. The van der Waals surface area contributed by atoms with Crippen molar-refractivity contribution in [2.24, 2.45) is 0 Å². The van der Waals surface area contributed by atoms with Crippen LogP contribution in [0.25, 0.3) is 10.9 Å². The van der Waals surface area contributed by atoms with Crippen molar-refractivity contribution in [3.63, 3.8) is 0 Å². The van der Waals surface area contributed by atoms with Gasteiger partial charge in [0.25, 0.3) is 0 Å². The summed E-state index contributed by atoms with van der Waals surface area (Å²) >= 11 is 0. The zero-order valence-corrected chi connectivity index (χ0v) is 14.5. The third kappa shape index (κ3) is 3.77. The van der Waals surface area contributed by atoms with Crippen molar-refractivity contribution >= 4 is 16.7 Å².